The molecule has 7 aromatic rings. The first-order chi connectivity index (χ1) is 24.8. The second kappa shape index (κ2) is 11.1. The molecule has 51 heavy (non-hydrogen) atoms. The Morgan fingerprint density at radius 3 is 2.22 bits per heavy atom. The Labute approximate surface area is 300 Å². The van der Waals surface area contributed by atoms with E-state index in [2.05, 4.69) is 50.2 Å². The van der Waals surface area contributed by atoms with Gasteiger partial charge in [-0.05, 0) is 72.1 Å². The highest BCUT2D eigenvalue weighted by Crippen LogP contribution is 2.58. The van der Waals surface area contributed by atoms with Crippen LogP contribution in [0.5, 0.6) is 0 Å². The molecule has 10 nitrogen and oxygen atoms in total. The quantitative estimate of drug-likeness (QED) is 0.133. The van der Waals surface area contributed by atoms with E-state index in [0.29, 0.717) is 23.6 Å². The molecule has 0 spiro atoms. The summed E-state index contributed by atoms with van der Waals surface area (Å²) in [7, 11) is 1.29. The largest absolute Gasteiger partial charge is 0.467 e. The number of methoxy groups -OCH3 is 1. The molecule has 1 amide bonds. The van der Waals surface area contributed by atoms with Crippen molar-refractivity contribution in [2.75, 3.05) is 7.11 Å². The molecule has 12 heteroatoms. The summed E-state index contributed by atoms with van der Waals surface area (Å²) in [6.45, 7) is 2.13. The van der Waals surface area contributed by atoms with E-state index in [1.54, 1.807) is 42.8 Å². The zero-order valence-corrected chi connectivity index (χ0v) is 29.3. The van der Waals surface area contributed by atoms with Crippen LogP contribution in [0.3, 0.4) is 0 Å². The Morgan fingerprint density at radius 1 is 0.941 bits per heavy atom. The van der Waals surface area contributed by atoms with Crippen molar-refractivity contribution in [2.45, 2.75) is 59.0 Å². The van der Waals surface area contributed by atoms with Crippen LogP contribution in [-0.2, 0) is 38.0 Å². The van der Waals surface area contributed by atoms with Crippen LogP contribution in [0.2, 0.25) is 0 Å². The maximum Gasteiger partial charge on any atom is 0.343 e. The number of hydrogen-bond acceptors (Lipinski definition) is 9. The van der Waals surface area contributed by atoms with Gasteiger partial charge in [-0.3, -0.25) is 4.79 Å². The lowest BCUT2D eigenvalue weighted by molar-refractivity contribution is -0.202. The van der Waals surface area contributed by atoms with E-state index in [0.717, 1.165) is 70.4 Å². The van der Waals surface area contributed by atoms with Gasteiger partial charge in [0.05, 0.1) is 44.8 Å². The average Bonchev–Trinajstić information content (AvgIpc) is 3.86. The lowest BCUT2D eigenvalue weighted by Gasteiger charge is -2.37. The first-order valence-electron chi connectivity index (χ1n) is 16.7. The van der Waals surface area contributed by atoms with Crippen LogP contribution in [0, 0.1) is 0 Å². The number of rotatable bonds is 7. The van der Waals surface area contributed by atoms with Gasteiger partial charge in [-0.15, -0.1) is 23.5 Å². The number of aromatic nitrogens is 4. The van der Waals surface area contributed by atoms with E-state index < -0.39 is 23.5 Å². The zero-order valence-electron chi connectivity index (χ0n) is 27.7. The van der Waals surface area contributed by atoms with Crippen LogP contribution in [0.1, 0.15) is 46.6 Å². The van der Waals surface area contributed by atoms with E-state index in [-0.39, 0.29) is 12.3 Å². The summed E-state index contributed by atoms with van der Waals surface area (Å²) in [6.07, 6.45) is 2.82. The van der Waals surface area contributed by atoms with Crippen LogP contribution in [0.15, 0.2) is 95.2 Å². The summed E-state index contributed by atoms with van der Waals surface area (Å²) >= 11 is 3.30. The van der Waals surface area contributed by atoms with Gasteiger partial charge in [0.25, 0.3) is 5.91 Å². The summed E-state index contributed by atoms with van der Waals surface area (Å²) in [5.41, 5.74) is 3.51. The molecule has 1 fully saturated rings. The monoisotopic (exact) mass is 713 g/mol. The highest BCUT2D eigenvalue weighted by atomic mass is 32.2. The van der Waals surface area contributed by atoms with Crippen molar-refractivity contribution in [3.63, 3.8) is 0 Å². The van der Waals surface area contributed by atoms with Gasteiger partial charge in [-0.2, -0.15) is 0 Å². The average molecular weight is 714 g/mol. The van der Waals surface area contributed by atoms with E-state index in [4.69, 9.17) is 9.47 Å². The van der Waals surface area contributed by atoms with Crippen molar-refractivity contribution in [3.8, 4) is 0 Å². The predicted octanol–water partition coefficient (Wildman–Crippen LogP) is 7.03. The van der Waals surface area contributed by atoms with Crippen molar-refractivity contribution in [3.05, 3.63) is 107 Å². The van der Waals surface area contributed by atoms with Gasteiger partial charge in [0.1, 0.15) is 6.23 Å². The number of fused-ring (bicyclic) bond motifs is 13. The number of benzene rings is 3. The minimum atomic E-state index is -2.01. The minimum absolute atomic E-state index is 0.0327. The predicted molar refractivity (Wildman–Crippen MR) is 197 cm³/mol. The number of esters is 1. The number of nitrogens with one attached hydrogen (secondary N) is 1. The van der Waals surface area contributed by atoms with E-state index in [1.165, 1.54) is 7.11 Å². The molecule has 2 N–H and O–H groups in total. The number of carbonyl (C=O) groups is 2. The first-order valence-corrected chi connectivity index (χ1v) is 18.7. The Hall–Kier alpha value is -4.88. The molecular weight excluding hydrogens is 683 g/mol. The molecule has 3 aliphatic heterocycles. The van der Waals surface area contributed by atoms with Crippen molar-refractivity contribution in [1.29, 1.82) is 0 Å². The van der Waals surface area contributed by atoms with Crippen molar-refractivity contribution in [2.24, 2.45) is 0 Å². The summed E-state index contributed by atoms with van der Waals surface area (Å²) in [6, 6.07) is 24.3. The van der Waals surface area contributed by atoms with Gasteiger partial charge in [-0.1, -0.05) is 24.3 Å². The maximum atomic E-state index is 13.9. The Kier molecular flexibility index (Phi) is 6.70. The van der Waals surface area contributed by atoms with Gasteiger partial charge in [0, 0.05) is 58.4 Å². The smallest absolute Gasteiger partial charge is 0.343 e. The standard InChI is InChI=1S/C39H31N5O5S2/c1-38-39(47,37(46)48-2)17-30(49-38)43-26-11-9-21(19-50-28-7-3-5-13-40-28)15-23(26)32-33-25(18-42-36(33)45)31-24-16-22(20-51-29-8-4-6-14-41-29)10-12-27(24)44(38)35(31)34(32)43/h3-16,30,47H,17-20H2,1-2H3,(H,42,45). The maximum absolute atomic E-state index is 13.9. The van der Waals surface area contributed by atoms with Gasteiger partial charge >= 0.3 is 5.97 Å². The van der Waals surface area contributed by atoms with Crippen LogP contribution in [0.4, 0.5) is 0 Å². The van der Waals surface area contributed by atoms with Gasteiger partial charge < -0.3 is 29.0 Å². The second-order valence-electron chi connectivity index (χ2n) is 13.4. The zero-order chi connectivity index (χ0) is 34.6. The molecule has 3 atom stereocenters. The molecule has 3 aromatic carbocycles. The molecule has 0 saturated carbocycles. The van der Waals surface area contributed by atoms with Gasteiger partial charge in [0.2, 0.25) is 5.60 Å². The number of pyridine rings is 2. The second-order valence-corrected chi connectivity index (χ2v) is 15.4. The fraction of sp³-hybridized carbons (Fsp3) is 0.231. The number of hydrogen-bond donors (Lipinski definition) is 2. The number of nitrogens with zero attached hydrogens (tertiary/aromatic N) is 4. The molecule has 1 saturated heterocycles. The van der Waals surface area contributed by atoms with Crippen LogP contribution < -0.4 is 5.32 Å². The van der Waals surface area contributed by atoms with E-state index in [9.17, 15) is 14.7 Å². The number of ether oxygens (including phenoxy) is 2. The molecule has 2 bridgehead atoms. The number of thioether (sulfide) groups is 2. The van der Waals surface area contributed by atoms with Gasteiger partial charge in [0.15, 0.2) is 5.72 Å². The molecule has 0 aliphatic carbocycles. The molecule has 3 unspecified atom stereocenters. The summed E-state index contributed by atoms with van der Waals surface area (Å²) in [4.78, 5) is 36.5. The Morgan fingerprint density at radius 2 is 1.59 bits per heavy atom. The highest BCUT2D eigenvalue weighted by Gasteiger charge is 2.65. The molecule has 3 aliphatic rings. The lowest BCUT2D eigenvalue weighted by Crippen LogP contribution is -2.56. The summed E-state index contributed by atoms with van der Waals surface area (Å²) < 4.78 is 16.3. The van der Waals surface area contributed by atoms with Crippen molar-refractivity contribution >= 4 is 79.0 Å². The normalized spacial score (nSPS) is 21.9. The van der Waals surface area contributed by atoms with Gasteiger partial charge in [-0.25, -0.2) is 14.8 Å². The third kappa shape index (κ3) is 4.21. The van der Waals surface area contributed by atoms with E-state index in [1.807, 2.05) is 47.0 Å². The first kappa shape index (κ1) is 30.9. The third-order valence-corrected chi connectivity index (χ3v) is 12.7. The lowest BCUT2D eigenvalue weighted by atomic mass is 9.88. The molecule has 10 rings (SSSR count). The Bertz CT molecular complexity index is 2620. The van der Waals surface area contributed by atoms with Crippen molar-refractivity contribution in [1.82, 2.24) is 24.4 Å². The van der Waals surface area contributed by atoms with E-state index >= 15 is 0 Å². The van der Waals surface area contributed by atoms with Crippen LogP contribution in [-0.4, -0.2) is 48.8 Å². The molecular formula is C39H31N5O5S2. The molecule has 4 aromatic heterocycles. The summed E-state index contributed by atoms with van der Waals surface area (Å²) in [5, 5.41) is 21.0. The van der Waals surface area contributed by atoms with Crippen LogP contribution >= 0.6 is 23.5 Å². The minimum Gasteiger partial charge on any atom is -0.467 e. The van der Waals surface area contributed by atoms with Crippen molar-refractivity contribution < 1.29 is 24.2 Å². The Balaban J connectivity index is 1.28. The van der Waals surface area contributed by atoms with Crippen LogP contribution in [0.25, 0.3) is 43.6 Å². The fourth-order valence-electron chi connectivity index (χ4n) is 8.45. The number of amides is 1. The summed E-state index contributed by atoms with van der Waals surface area (Å²) in [5.74, 6) is 0.502. The molecule has 7 heterocycles. The topological polar surface area (TPSA) is 120 Å². The fourth-order valence-corrected chi connectivity index (χ4v) is 10.1. The number of carbonyl (C=O) groups excluding carboxylic acids is 2. The highest BCUT2D eigenvalue weighted by molar-refractivity contribution is 7.98. The molecule has 0 radical (unpaired) electrons. The number of aliphatic hydroxyl groups is 1. The molecule has 254 valence electrons. The SMILES string of the molecule is COC(=O)C1(O)CC2OC1(C)n1c3ccc(CSc4ccccn4)cc3c3c4c(c5c6cc(CSc7ccccn7)ccc6n2c5c31)C(=O)NC4. The third-order valence-electron chi connectivity index (χ3n) is 10.7.